The first-order valence-corrected chi connectivity index (χ1v) is 4.94. The summed E-state index contributed by atoms with van der Waals surface area (Å²) in [5.74, 6) is -0.0829. The molecule has 5 heteroatoms. The van der Waals surface area contributed by atoms with E-state index in [9.17, 15) is 4.79 Å². The van der Waals surface area contributed by atoms with Crippen LogP contribution < -0.4 is 5.32 Å². The van der Waals surface area contributed by atoms with Crippen molar-refractivity contribution in [1.29, 1.82) is 0 Å². The molecule has 1 aromatic heterocycles. The van der Waals surface area contributed by atoms with E-state index < -0.39 is 0 Å². The number of nitrogens with one attached hydrogen (secondary N) is 1. The molecule has 1 rings (SSSR count). The zero-order valence-corrected chi connectivity index (χ0v) is 8.33. The van der Waals surface area contributed by atoms with Crippen molar-refractivity contribution in [3.63, 3.8) is 0 Å². The minimum absolute atomic E-state index is 0.0829. The predicted octanol–water partition coefficient (Wildman–Crippen LogP) is 2.00. The van der Waals surface area contributed by atoms with Gasteiger partial charge in [0.05, 0.1) is 0 Å². The number of alkyl halides is 1. The molecular weight excluding hydrogens is 228 g/mol. The van der Waals surface area contributed by atoms with Gasteiger partial charge in [-0.25, -0.2) is 4.98 Å². The normalized spacial score (nSPS) is 9.64. The Morgan fingerprint density at radius 1 is 1.91 bits per heavy atom. The fourth-order valence-electron chi connectivity index (χ4n) is 0.578. The summed E-state index contributed by atoms with van der Waals surface area (Å²) in [6.07, 6.45) is 1.74. The lowest BCUT2D eigenvalue weighted by atomic mass is 10.6. The third-order valence-electron chi connectivity index (χ3n) is 0.968. The molecule has 1 amide bonds. The van der Waals surface area contributed by atoms with Crippen LogP contribution in [-0.4, -0.2) is 10.9 Å². The number of rotatable bonds is 2. The second-order valence-corrected chi connectivity index (χ2v) is 3.62. The van der Waals surface area contributed by atoms with Crippen molar-refractivity contribution in [1.82, 2.24) is 4.98 Å². The summed E-state index contributed by atoms with van der Waals surface area (Å²) >= 11 is 4.77. The SMILES string of the molecule is CC(=O)Nc1ncc(CBr)s1. The van der Waals surface area contributed by atoms with Crippen LogP contribution in [0.3, 0.4) is 0 Å². The van der Waals surface area contributed by atoms with Crippen molar-refractivity contribution in [3.05, 3.63) is 11.1 Å². The Hall–Kier alpha value is -0.420. The average Bonchev–Trinajstić information content (AvgIpc) is 2.34. The molecule has 1 aromatic rings. The van der Waals surface area contributed by atoms with E-state index in [0.717, 1.165) is 10.2 Å². The van der Waals surface area contributed by atoms with Crippen LogP contribution in [0.4, 0.5) is 5.13 Å². The molecule has 0 unspecified atom stereocenters. The molecule has 0 radical (unpaired) electrons. The number of carbonyl (C=O) groups excluding carboxylic acids is 1. The van der Waals surface area contributed by atoms with Gasteiger partial charge in [0.2, 0.25) is 5.91 Å². The van der Waals surface area contributed by atoms with Crippen LogP contribution in [0.15, 0.2) is 6.20 Å². The molecule has 3 nitrogen and oxygen atoms in total. The predicted molar refractivity (Wildman–Crippen MR) is 49.0 cm³/mol. The Morgan fingerprint density at radius 2 is 2.64 bits per heavy atom. The molecular formula is C6H7BrN2OS. The average molecular weight is 235 g/mol. The second-order valence-electron chi connectivity index (χ2n) is 1.95. The molecule has 0 aliphatic rings. The summed E-state index contributed by atoms with van der Waals surface area (Å²) < 4.78 is 0. The molecule has 0 atom stereocenters. The minimum Gasteiger partial charge on any atom is -0.302 e. The molecule has 0 fully saturated rings. The maximum absolute atomic E-state index is 10.6. The molecule has 11 heavy (non-hydrogen) atoms. The Kier molecular flexibility index (Phi) is 3.02. The fourth-order valence-corrected chi connectivity index (χ4v) is 1.77. The van der Waals surface area contributed by atoms with Crippen LogP contribution >= 0.6 is 27.3 Å². The number of halogens is 1. The van der Waals surface area contributed by atoms with Gasteiger partial charge in [-0.15, -0.1) is 11.3 Å². The fraction of sp³-hybridized carbons (Fsp3) is 0.333. The minimum atomic E-state index is -0.0829. The third-order valence-corrected chi connectivity index (χ3v) is 2.86. The van der Waals surface area contributed by atoms with E-state index in [2.05, 4.69) is 26.2 Å². The Balaban J connectivity index is 2.65. The molecule has 0 saturated heterocycles. The molecule has 60 valence electrons. The number of aromatic nitrogens is 1. The molecule has 0 aliphatic heterocycles. The van der Waals surface area contributed by atoms with E-state index in [1.165, 1.54) is 18.3 Å². The van der Waals surface area contributed by atoms with Gasteiger partial charge in [-0.05, 0) is 0 Å². The smallest absolute Gasteiger partial charge is 0.223 e. The zero-order valence-electron chi connectivity index (χ0n) is 5.93. The first-order valence-electron chi connectivity index (χ1n) is 3.00. The van der Waals surface area contributed by atoms with E-state index in [1.54, 1.807) is 6.20 Å². The number of nitrogens with zero attached hydrogens (tertiary/aromatic N) is 1. The quantitative estimate of drug-likeness (QED) is 0.796. The van der Waals surface area contributed by atoms with Crippen LogP contribution in [0.2, 0.25) is 0 Å². The van der Waals surface area contributed by atoms with Gasteiger partial charge < -0.3 is 5.32 Å². The lowest BCUT2D eigenvalue weighted by molar-refractivity contribution is -0.114. The van der Waals surface area contributed by atoms with Gasteiger partial charge in [0.15, 0.2) is 5.13 Å². The third kappa shape index (κ3) is 2.59. The molecule has 0 aliphatic carbocycles. The largest absolute Gasteiger partial charge is 0.302 e. The van der Waals surface area contributed by atoms with Crippen molar-refractivity contribution in [2.45, 2.75) is 12.3 Å². The zero-order chi connectivity index (χ0) is 8.27. The first-order chi connectivity index (χ1) is 5.22. The van der Waals surface area contributed by atoms with Crippen LogP contribution in [0, 0.1) is 0 Å². The van der Waals surface area contributed by atoms with Gasteiger partial charge >= 0.3 is 0 Å². The summed E-state index contributed by atoms with van der Waals surface area (Å²) in [6.45, 7) is 1.47. The van der Waals surface area contributed by atoms with Crippen LogP contribution in [0.25, 0.3) is 0 Å². The Morgan fingerprint density at radius 3 is 3.09 bits per heavy atom. The molecule has 0 spiro atoms. The van der Waals surface area contributed by atoms with E-state index in [-0.39, 0.29) is 5.91 Å². The van der Waals surface area contributed by atoms with Gasteiger partial charge in [-0.2, -0.15) is 0 Å². The van der Waals surface area contributed by atoms with Crippen molar-refractivity contribution >= 4 is 38.3 Å². The van der Waals surface area contributed by atoms with Crippen LogP contribution in [-0.2, 0) is 10.1 Å². The van der Waals surface area contributed by atoms with E-state index in [0.29, 0.717) is 5.13 Å². The molecule has 0 aromatic carbocycles. The van der Waals surface area contributed by atoms with Crippen molar-refractivity contribution < 1.29 is 4.79 Å². The summed E-state index contributed by atoms with van der Waals surface area (Å²) in [7, 11) is 0. The van der Waals surface area contributed by atoms with E-state index >= 15 is 0 Å². The summed E-state index contributed by atoms with van der Waals surface area (Å²) in [5, 5.41) is 4.05. The summed E-state index contributed by atoms with van der Waals surface area (Å²) in [5.41, 5.74) is 0. The number of amides is 1. The Labute approximate surface area is 77.0 Å². The number of hydrogen-bond acceptors (Lipinski definition) is 3. The highest BCUT2D eigenvalue weighted by Gasteiger charge is 2.00. The van der Waals surface area contributed by atoms with Crippen molar-refractivity contribution in [2.75, 3.05) is 5.32 Å². The molecule has 1 N–H and O–H groups in total. The highest BCUT2D eigenvalue weighted by atomic mass is 79.9. The lowest BCUT2D eigenvalue weighted by Gasteiger charge is -1.91. The van der Waals surface area contributed by atoms with Gasteiger partial charge in [0, 0.05) is 23.3 Å². The summed E-state index contributed by atoms with van der Waals surface area (Å²) in [4.78, 5) is 15.6. The monoisotopic (exact) mass is 234 g/mol. The molecule has 1 heterocycles. The van der Waals surface area contributed by atoms with Gasteiger partial charge in [-0.3, -0.25) is 4.79 Å². The topological polar surface area (TPSA) is 42.0 Å². The van der Waals surface area contributed by atoms with Crippen molar-refractivity contribution in [3.8, 4) is 0 Å². The second kappa shape index (κ2) is 3.82. The van der Waals surface area contributed by atoms with Crippen LogP contribution in [0.5, 0.6) is 0 Å². The lowest BCUT2D eigenvalue weighted by Crippen LogP contribution is -2.04. The van der Waals surface area contributed by atoms with Crippen LogP contribution in [0.1, 0.15) is 11.8 Å². The number of hydrogen-bond donors (Lipinski definition) is 1. The van der Waals surface area contributed by atoms with Gasteiger partial charge in [0.1, 0.15) is 0 Å². The number of thiazole rings is 1. The molecule has 0 saturated carbocycles. The summed E-state index contributed by atoms with van der Waals surface area (Å²) in [6, 6.07) is 0. The maximum atomic E-state index is 10.6. The first kappa shape index (κ1) is 8.67. The maximum Gasteiger partial charge on any atom is 0.223 e. The number of carbonyl (C=O) groups is 1. The van der Waals surface area contributed by atoms with E-state index in [1.807, 2.05) is 0 Å². The van der Waals surface area contributed by atoms with E-state index in [4.69, 9.17) is 0 Å². The van der Waals surface area contributed by atoms with Gasteiger partial charge in [-0.1, -0.05) is 15.9 Å². The van der Waals surface area contributed by atoms with Gasteiger partial charge in [0.25, 0.3) is 0 Å². The standard InChI is InChI=1S/C6H7BrN2OS/c1-4(10)9-6-8-3-5(2-7)11-6/h3H,2H2,1H3,(H,8,9,10). The Bertz CT molecular complexity index is 261. The number of anilines is 1. The highest BCUT2D eigenvalue weighted by molar-refractivity contribution is 9.08. The highest BCUT2D eigenvalue weighted by Crippen LogP contribution is 2.19. The van der Waals surface area contributed by atoms with Crippen molar-refractivity contribution in [2.24, 2.45) is 0 Å². The molecule has 0 bridgehead atoms.